The Labute approximate surface area is 186 Å². The Morgan fingerprint density at radius 3 is 2.71 bits per heavy atom. The number of guanidine groups is 1. The molecule has 2 saturated heterocycles. The topological polar surface area (TPSA) is 70.8 Å². The number of rotatable bonds is 6. The minimum absolute atomic E-state index is 0. The lowest BCUT2D eigenvalue weighted by molar-refractivity contribution is 0.0375. The number of aryl methyl sites for hydroxylation is 1. The van der Waals surface area contributed by atoms with Crippen LogP contribution in [0.15, 0.2) is 4.99 Å². The van der Waals surface area contributed by atoms with E-state index in [4.69, 9.17) is 9.73 Å². The van der Waals surface area contributed by atoms with Crippen molar-refractivity contribution in [3.05, 3.63) is 11.6 Å². The first-order chi connectivity index (χ1) is 13.1. The van der Waals surface area contributed by atoms with Gasteiger partial charge in [-0.25, -0.2) is 4.99 Å². The Kier molecular flexibility index (Phi) is 9.93. The van der Waals surface area contributed by atoms with Crippen molar-refractivity contribution in [3.8, 4) is 0 Å². The predicted octanol–water partition coefficient (Wildman–Crippen LogP) is 1.64. The van der Waals surface area contributed by atoms with E-state index >= 15 is 0 Å². The summed E-state index contributed by atoms with van der Waals surface area (Å²) in [7, 11) is 2.00. The first kappa shape index (κ1) is 23.3. The van der Waals surface area contributed by atoms with Gasteiger partial charge in [-0.05, 0) is 38.6 Å². The van der Waals surface area contributed by atoms with E-state index in [-0.39, 0.29) is 24.0 Å². The monoisotopic (exact) mass is 505 g/mol. The van der Waals surface area contributed by atoms with E-state index in [1.165, 1.54) is 12.8 Å². The molecule has 8 nitrogen and oxygen atoms in total. The average molecular weight is 505 g/mol. The van der Waals surface area contributed by atoms with Gasteiger partial charge < -0.3 is 19.5 Å². The fraction of sp³-hybridized carbons (Fsp3) is 0.842. The first-order valence-corrected chi connectivity index (χ1v) is 10.3. The second-order valence-corrected chi connectivity index (χ2v) is 7.79. The number of halogens is 1. The molecule has 2 aliphatic heterocycles. The van der Waals surface area contributed by atoms with Crippen molar-refractivity contribution in [3.63, 3.8) is 0 Å². The van der Waals surface area contributed by atoms with Crippen molar-refractivity contribution in [2.45, 2.75) is 39.7 Å². The molecule has 0 aliphatic carbocycles. The maximum Gasteiger partial charge on any atom is 0.194 e. The molecule has 0 amide bonds. The molecule has 160 valence electrons. The number of morpholine rings is 1. The van der Waals surface area contributed by atoms with E-state index in [0.717, 1.165) is 82.4 Å². The van der Waals surface area contributed by atoms with Crippen molar-refractivity contribution >= 4 is 29.9 Å². The van der Waals surface area contributed by atoms with E-state index in [1.54, 1.807) is 0 Å². The van der Waals surface area contributed by atoms with Gasteiger partial charge in [-0.3, -0.25) is 4.90 Å². The summed E-state index contributed by atoms with van der Waals surface area (Å²) in [5, 5.41) is 12.0. The van der Waals surface area contributed by atoms with Gasteiger partial charge >= 0.3 is 0 Å². The van der Waals surface area contributed by atoms with Gasteiger partial charge in [0.15, 0.2) is 11.8 Å². The molecule has 1 atom stereocenters. The zero-order valence-electron chi connectivity index (χ0n) is 17.6. The third-order valence-electron chi connectivity index (χ3n) is 5.55. The summed E-state index contributed by atoms with van der Waals surface area (Å²) in [4.78, 5) is 9.77. The van der Waals surface area contributed by atoms with Gasteiger partial charge in [-0.2, -0.15) is 0 Å². The Morgan fingerprint density at radius 1 is 1.25 bits per heavy atom. The van der Waals surface area contributed by atoms with Gasteiger partial charge in [-0.1, -0.05) is 6.92 Å². The van der Waals surface area contributed by atoms with E-state index in [0.29, 0.717) is 6.54 Å². The Morgan fingerprint density at radius 2 is 2.04 bits per heavy atom. The predicted molar refractivity (Wildman–Crippen MR) is 122 cm³/mol. The molecule has 3 rings (SSSR count). The number of hydrogen-bond acceptors (Lipinski definition) is 5. The van der Waals surface area contributed by atoms with Gasteiger partial charge in [0.1, 0.15) is 12.4 Å². The molecule has 1 unspecified atom stereocenters. The largest absolute Gasteiger partial charge is 0.379 e. The minimum atomic E-state index is 0. The maximum atomic E-state index is 5.42. The standard InChI is InChI=1S/C19H35N7O.HI/c1-16-6-4-9-26(15-16)19(21-14-18-23-22-17(2)24(18)3)20-7-5-8-25-10-12-27-13-11-25;/h16H,4-15H2,1-3H3,(H,20,21);1H. The number of piperidine rings is 1. The second kappa shape index (κ2) is 11.9. The van der Waals surface area contributed by atoms with Crippen LogP contribution in [0.2, 0.25) is 0 Å². The van der Waals surface area contributed by atoms with Crippen molar-refractivity contribution in [2.24, 2.45) is 18.0 Å². The lowest BCUT2D eigenvalue weighted by Gasteiger charge is -2.34. The smallest absolute Gasteiger partial charge is 0.194 e. The van der Waals surface area contributed by atoms with E-state index < -0.39 is 0 Å². The van der Waals surface area contributed by atoms with Crippen LogP contribution in [0.25, 0.3) is 0 Å². The van der Waals surface area contributed by atoms with Gasteiger partial charge in [0.05, 0.1) is 13.2 Å². The quantitative estimate of drug-likeness (QED) is 0.275. The zero-order valence-corrected chi connectivity index (χ0v) is 19.9. The molecule has 0 radical (unpaired) electrons. The number of likely N-dealkylation sites (tertiary alicyclic amines) is 1. The third-order valence-corrected chi connectivity index (χ3v) is 5.55. The average Bonchev–Trinajstić information content (AvgIpc) is 3.00. The van der Waals surface area contributed by atoms with Crippen LogP contribution in [0.5, 0.6) is 0 Å². The number of nitrogens with zero attached hydrogens (tertiary/aromatic N) is 6. The van der Waals surface area contributed by atoms with Gasteiger partial charge in [0.2, 0.25) is 0 Å². The highest BCUT2D eigenvalue weighted by Crippen LogP contribution is 2.15. The Hall–Kier alpha value is -0.940. The Bertz CT molecular complexity index is 615. The van der Waals surface area contributed by atoms with Crippen LogP contribution in [0.1, 0.15) is 37.8 Å². The summed E-state index contributed by atoms with van der Waals surface area (Å²) in [6.07, 6.45) is 3.66. The summed E-state index contributed by atoms with van der Waals surface area (Å²) < 4.78 is 7.44. The van der Waals surface area contributed by atoms with Crippen molar-refractivity contribution < 1.29 is 4.74 Å². The van der Waals surface area contributed by atoms with Gasteiger partial charge in [-0.15, -0.1) is 34.2 Å². The van der Waals surface area contributed by atoms with E-state index in [2.05, 4.69) is 32.2 Å². The second-order valence-electron chi connectivity index (χ2n) is 7.79. The lowest BCUT2D eigenvalue weighted by atomic mass is 10.0. The summed E-state index contributed by atoms with van der Waals surface area (Å²) in [6, 6.07) is 0. The lowest BCUT2D eigenvalue weighted by Crippen LogP contribution is -2.47. The Balaban J connectivity index is 0.00000280. The zero-order chi connectivity index (χ0) is 19.1. The molecule has 3 heterocycles. The van der Waals surface area contributed by atoms with Crippen LogP contribution < -0.4 is 5.32 Å². The fourth-order valence-corrected chi connectivity index (χ4v) is 3.71. The molecule has 0 spiro atoms. The molecule has 9 heteroatoms. The normalized spacial score (nSPS) is 21.5. The molecule has 2 fully saturated rings. The first-order valence-electron chi connectivity index (χ1n) is 10.3. The van der Waals surface area contributed by atoms with Crippen LogP contribution in [0.4, 0.5) is 0 Å². The van der Waals surface area contributed by atoms with Crippen LogP contribution in [-0.4, -0.2) is 83.0 Å². The number of ether oxygens (including phenoxy) is 1. The highest BCUT2D eigenvalue weighted by molar-refractivity contribution is 14.0. The van der Waals surface area contributed by atoms with Crippen LogP contribution in [0.3, 0.4) is 0 Å². The molecule has 1 aromatic heterocycles. The van der Waals surface area contributed by atoms with Crippen molar-refractivity contribution in [1.82, 2.24) is 29.9 Å². The van der Waals surface area contributed by atoms with Crippen LogP contribution >= 0.6 is 24.0 Å². The molecule has 0 aromatic carbocycles. The number of aliphatic imine (C=N–C) groups is 1. The number of hydrogen-bond donors (Lipinski definition) is 1. The molecule has 1 N–H and O–H groups in total. The van der Waals surface area contributed by atoms with Crippen molar-refractivity contribution in [1.29, 1.82) is 0 Å². The molecule has 0 bridgehead atoms. The van der Waals surface area contributed by atoms with E-state index in [9.17, 15) is 0 Å². The SMILES string of the molecule is Cc1nnc(CN=C(NCCCN2CCOCC2)N2CCCC(C)C2)n1C.I. The van der Waals surface area contributed by atoms with Crippen molar-refractivity contribution in [2.75, 3.05) is 52.5 Å². The molecule has 0 saturated carbocycles. The summed E-state index contributed by atoms with van der Waals surface area (Å²) in [5.41, 5.74) is 0. The maximum absolute atomic E-state index is 5.42. The summed E-state index contributed by atoms with van der Waals surface area (Å²) in [5.74, 6) is 3.57. The fourth-order valence-electron chi connectivity index (χ4n) is 3.71. The van der Waals surface area contributed by atoms with Crippen LogP contribution in [0, 0.1) is 12.8 Å². The molecule has 28 heavy (non-hydrogen) atoms. The highest BCUT2D eigenvalue weighted by atomic mass is 127. The highest BCUT2D eigenvalue weighted by Gasteiger charge is 2.20. The molecular formula is C19H36IN7O. The summed E-state index contributed by atoms with van der Waals surface area (Å²) >= 11 is 0. The molecular weight excluding hydrogens is 469 g/mol. The number of aromatic nitrogens is 3. The van der Waals surface area contributed by atoms with Gasteiger partial charge in [0.25, 0.3) is 0 Å². The number of nitrogens with one attached hydrogen (secondary N) is 1. The van der Waals surface area contributed by atoms with Gasteiger partial charge in [0, 0.05) is 39.8 Å². The summed E-state index contributed by atoms with van der Waals surface area (Å²) in [6.45, 7) is 12.9. The third kappa shape index (κ3) is 6.84. The van der Waals surface area contributed by atoms with E-state index in [1.807, 2.05) is 18.5 Å². The molecule has 1 aromatic rings. The molecule has 2 aliphatic rings. The van der Waals surface area contributed by atoms with Crippen LogP contribution in [-0.2, 0) is 18.3 Å². The minimum Gasteiger partial charge on any atom is -0.379 e.